The van der Waals surface area contributed by atoms with Crippen LogP contribution in [0.5, 0.6) is 0 Å². The molecule has 8 heteroatoms. The van der Waals surface area contributed by atoms with Crippen molar-refractivity contribution in [2.24, 2.45) is 0 Å². The molecule has 0 spiro atoms. The maximum Gasteiger partial charge on any atom is 0.317 e. The van der Waals surface area contributed by atoms with Crippen molar-refractivity contribution < 1.29 is 13.6 Å². The lowest BCUT2D eigenvalue weighted by Gasteiger charge is -2.33. The van der Waals surface area contributed by atoms with Gasteiger partial charge in [-0.15, -0.1) is 0 Å². The fraction of sp³-hybridized carbons (Fsp3) is 0.560. The molecule has 7 nitrogen and oxygen atoms in total. The second kappa shape index (κ2) is 11.6. The van der Waals surface area contributed by atoms with Crippen LogP contribution in [0.2, 0.25) is 0 Å². The van der Waals surface area contributed by atoms with E-state index in [0.29, 0.717) is 19.1 Å². The SMILES string of the molecule is CN(CCCC1CC(c2cccc(F)c2)NN1)C(=O)NCC(c1ccco1)N1CCCCC1. The van der Waals surface area contributed by atoms with E-state index in [9.17, 15) is 9.18 Å². The topological polar surface area (TPSA) is 72.8 Å². The highest BCUT2D eigenvalue weighted by molar-refractivity contribution is 5.73. The van der Waals surface area contributed by atoms with Gasteiger partial charge >= 0.3 is 6.03 Å². The standard InChI is InChI=1S/C25H36FN5O2/c1-30(12-6-10-21-17-22(29-28-21)19-8-5-9-20(26)16-19)25(32)27-18-23(24-11-7-15-33-24)31-13-3-2-4-14-31/h5,7-9,11,15-16,21-23,28-29H,2-4,6,10,12-14,17-18H2,1H3,(H,27,32). The third-order valence-electron chi connectivity index (χ3n) is 6.78. The van der Waals surface area contributed by atoms with E-state index in [-0.39, 0.29) is 23.9 Å². The maximum atomic E-state index is 13.5. The number of rotatable bonds is 9. The molecule has 2 saturated heterocycles. The predicted octanol–water partition coefficient (Wildman–Crippen LogP) is 3.98. The van der Waals surface area contributed by atoms with Gasteiger partial charge in [-0.1, -0.05) is 18.6 Å². The lowest BCUT2D eigenvalue weighted by Crippen LogP contribution is -2.44. The Morgan fingerprint density at radius 3 is 2.85 bits per heavy atom. The minimum Gasteiger partial charge on any atom is -0.468 e. The fourth-order valence-electron chi connectivity index (χ4n) is 4.87. The number of furan rings is 1. The molecular formula is C25H36FN5O2. The first-order valence-electron chi connectivity index (χ1n) is 12.1. The third-order valence-corrected chi connectivity index (χ3v) is 6.78. The molecule has 3 heterocycles. The van der Waals surface area contributed by atoms with E-state index >= 15 is 0 Å². The highest BCUT2D eigenvalue weighted by Crippen LogP contribution is 2.25. The van der Waals surface area contributed by atoms with Gasteiger partial charge in [0, 0.05) is 32.2 Å². The van der Waals surface area contributed by atoms with E-state index < -0.39 is 0 Å². The molecule has 2 fully saturated rings. The number of carbonyl (C=O) groups is 1. The summed E-state index contributed by atoms with van der Waals surface area (Å²) in [4.78, 5) is 16.9. The van der Waals surface area contributed by atoms with Gasteiger partial charge in [0.15, 0.2) is 0 Å². The van der Waals surface area contributed by atoms with E-state index in [0.717, 1.165) is 43.7 Å². The van der Waals surface area contributed by atoms with Crippen LogP contribution < -0.4 is 16.2 Å². The number of hydrogen-bond donors (Lipinski definition) is 3. The van der Waals surface area contributed by atoms with Crippen LogP contribution in [-0.2, 0) is 0 Å². The van der Waals surface area contributed by atoms with Crippen molar-refractivity contribution in [2.45, 2.75) is 56.7 Å². The van der Waals surface area contributed by atoms with Crippen molar-refractivity contribution in [3.05, 3.63) is 59.8 Å². The summed E-state index contributed by atoms with van der Waals surface area (Å²) in [5.74, 6) is 0.701. The number of halogens is 1. The molecule has 180 valence electrons. The maximum absolute atomic E-state index is 13.5. The molecule has 0 bridgehead atoms. The van der Waals surface area contributed by atoms with Crippen molar-refractivity contribution in [1.29, 1.82) is 0 Å². The highest BCUT2D eigenvalue weighted by Gasteiger charge is 2.26. The van der Waals surface area contributed by atoms with E-state index in [2.05, 4.69) is 21.1 Å². The first-order chi connectivity index (χ1) is 16.1. The van der Waals surface area contributed by atoms with Crippen LogP contribution in [0.4, 0.5) is 9.18 Å². The number of hydrogen-bond acceptors (Lipinski definition) is 5. The molecule has 3 N–H and O–H groups in total. The summed E-state index contributed by atoms with van der Waals surface area (Å²) in [5.41, 5.74) is 7.54. The number of likely N-dealkylation sites (tertiary alicyclic amines) is 1. The summed E-state index contributed by atoms with van der Waals surface area (Å²) in [6.07, 6.45) is 8.09. The molecule has 0 radical (unpaired) electrons. The zero-order valence-corrected chi connectivity index (χ0v) is 19.4. The number of benzene rings is 1. The van der Waals surface area contributed by atoms with Crippen LogP contribution in [0.25, 0.3) is 0 Å². The average Bonchev–Trinajstić information content (AvgIpc) is 3.52. The van der Waals surface area contributed by atoms with Crippen molar-refractivity contribution in [1.82, 2.24) is 26.0 Å². The van der Waals surface area contributed by atoms with Crippen molar-refractivity contribution in [3.63, 3.8) is 0 Å². The molecule has 3 atom stereocenters. The molecular weight excluding hydrogens is 421 g/mol. The van der Waals surface area contributed by atoms with Crippen LogP contribution in [0.3, 0.4) is 0 Å². The number of urea groups is 1. The van der Waals surface area contributed by atoms with E-state index in [1.165, 1.54) is 25.3 Å². The lowest BCUT2D eigenvalue weighted by molar-refractivity contribution is 0.140. The molecule has 33 heavy (non-hydrogen) atoms. The van der Waals surface area contributed by atoms with Crippen LogP contribution in [0, 0.1) is 5.82 Å². The number of piperidine rings is 1. The summed E-state index contributed by atoms with van der Waals surface area (Å²) in [5, 5.41) is 3.10. The average molecular weight is 458 g/mol. The lowest BCUT2D eigenvalue weighted by atomic mass is 9.99. The van der Waals surface area contributed by atoms with Crippen LogP contribution in [-0.4, -0.2) is 55.1 Å². The van der Waals surface area contributed by atoms with Gasteiger partial charge < -0.3 is 14.6 Å². The Hall–Kier alpha value is -2.42. The van der Waals surface area contributed by atoms with Gasteiger partial charge in [0.05, 0.1) is 12.3 Å². The summed E-state index contributed by atoms with van der Waals surface area (Å²) in [6.45, 7) is 3.30. The van der Waals surface area contributed by atoms with Crippen molar-refractivity contribution in [3.8, 4) is 0 Å². The Kier molecular flexibility index (Phi) is 8.36. The predicted molar refractivity (Wildman–Crippen MR) is 126 cm³/mol. The van der Waals surface area contributed by atoms with Crippen LogP contribution >= 0.6 is 0 Å². The van der Waals surface area contributed by atoms with Gasteiger partial charge in [-0.3, -0.25) is 15.8 Å². The van der Waals surface area contributed by atoms with Gasteiger partial charge in [0.25, 0.3) is 0 Å². The molecule has 1 aromatic carbocycles. The van der Waals surface area contributed by atoms with E-state index in [1.807, 2.05) is 25.2 Å². The van der Waals surface area contributed by atoms with Crippen molar-refractivity contribution >= 4 is 6.03 Å². The number of amides is 2. The van der Waals surface area contributed by atoms with Crippen LogP contribution in [0.15, 0.2) is 47.1 Å². The fourth-order valence-corrected chi connectivity index (χ4v) is 4.87. The molecule has 2 amide bonds. The first-order valence-corrected chi connectivity index (χ1v) is 12.1. The van der Waals surface area contributed by atoms with Gasteiger partial charge in [-0.25, -0.2) is 9.18 Å². The Balaban J connectivity index is 1.19. The molecule has 1 aromatic heterocycles. The Morgan fingerprint density at radius 1 is 1.24 bits per heavy atom. The Labute approximate surface area is 195 Å². The zero-order chi connectivity index (χ0) is 23.0. The van der Waals surface area contributed by atoms with Gasteiger partial charge in [0.2, 0.25) is 0 Å². The number of nitrogens with zero attached hydrogens (tertiary/aromatic N) is 2. The zero-order valence-electron chi connectivity index (χ0n) is 19.4. The Morgan fingerprint density at radius 2 is 2.09 bits per heavy atom. The van der Waals surface area contributed by atoms with Crippen molar-refractivity contribution in [2.75, 3.05) is 33.2 Å². The minimum absolute atomic E-state index is 0.0568. The largest absolute Gasteiger partial charge is 0.468 e. The number of nitrogens with one attached hydrogen (secondary N) is 3. The smallest absolute Gasteiger partial charge is 0.317 e. The summed E-state index contributed by atoms with van der Waals surface area (Å²) in [6, 6.07) is 11.1. The highest BCUT2D eigenvalue weighted by atomic mass is 19.1. The summed E-state index contributed by atoms with van der Waals surface area (Å²) >= 11 is 0. The van der Waals surface area contributed by atoms with E-state index in [4.69, 9.17) is 4.42 Å². The Bertz CT molecular complexity index is 871. The summed E-state index contributed by atoms with van der Waals surface area (Å²) in [7, 11) is 1.84. The van der Waals surface area contributed by atoms with Gasteiger partial charge in [-0.2, -0.15) is 0 Å². The monoisotopic (exact) mass is 457 g/mol. The second-order valence-electron chi connectivity index (χ2n) is 9.21. The number of carbonyl (C=O) groups excluding carboxylic acids is 1. The normalized spacial score (nSPS) is 22.2. The quantitative estimate of drug-likeness (QED) is 0.531. The third kappa shape index (κ3) is 6.56. The summed E-state index contributed by atoms with van der Waals surface area (Å²) < 4.78 is 19.2. The molecule has 0 saturated carbocycles. The van der Waals surface area contributed by atoms with Crippen LogP contribution in [0.1, 0.15) is 61.9 Å². The number of hydrazine groups is 1. The second-order valence-corrected chi connectivity index (χ2v) is 9.21. The molecule has 4 rings (SSSR count). The molecule has 0 aliphatic carbocycles. The molecule has 2 aliphatic rings. The molecule has 2 aliphatic heterocycles. The van der Waals surface area contributed by atoms with Gasteiger partial charge in [0.1, 0.15) is 11.6 Å². The van der Waals surface area contributed by atoms with E-state index in [1.54, 1.807) is 23.3 Å². The minimum atomic E-state index is -0.208. The van der Waals surface area contributed by atoms with Gasteiger partial charge in [-0.05, 0) is 75.0 Å². The first kappa shape index (κ1) is 23.7. The molecule has 3 unspecified atom stereocenters. The molecule has 2 aromatic rings.